The second-order valence-electron chi connectivity index (χ2n) is 2.91. The van der Waals surface area contributed by atoms with Crippen LogP contribution in [0.1, 0.15) is 0 Å². The molecule has 0 aliphatic heterocycles. The van der Waals surface area contributed by atoms with Crippen LogP contribution in [0.15, 0.2) is 24.3 Å². The first-order chi connectivity index (χ1) is 8.06. The van der Waals surface area contributed by atoms with Gasteiger partial charge in [-0.2, -0.15) is 0 Å². The van der Waals surface area contributed by atoms with Gasteiger partial charge in [0.1, 0.15) is 0 Å². The summed E-state index contributed by atoms with van der Waals surface area (Å²) < 4.78 is 1.71. The molecule has 0 aliphatic carbocycles. The first-order valence-electron chi connectivity index (χ1n) is 4.32. The smallest absolute Gasteiger partial charge is 0.258 e. The molecule has 0 atom stereocenters. The van der Waals surface area contributed by atoms with Gasteiger partial charge in [-0.15, -0.1) is 0 Å². The third kappa shape index (κ3) is 2.85. The molecule has 2 aromatic heterocycles. The fourth-order valence-corrected chi connectivity index (χ4v) is 4.72. The standard InChI is InChI=1S/C8H5N2O4PS2/c11-9(12)5-1-3-7(16-5)15-8-4-2-6(17-8)10(13)14/h1-4,15H. The number of nitro groups is 2. The summed E-state index contributed by atoms with van der Waals surface area (Å²) in [6.45, 7) is 0. The Hall–Kier alpha value is -1.37. The fourth-order valence-electron chi connectivity index (χ4n) is 1.11. The minimum absolute atomic E-state index is 0.0959. The Balaban J connectivity index is 2.13. The van der Waals surface area contributed by atoms with Gasteiger partial charge in [0, 0.05) is 21.4 Å². The van der Waals surface area contributed by atoms with Crippen molar-refractivity contribution >= 4 is 50.5 Å². The molecule has 0 aromatic carbocycles. The molecule has 0 unspecified atom stereocenters. The van der Waals surface area contributed by atoms with Crippen LogP contribution in [0.5, 0.6) is 0 Å². The van der Waals surface area contributed by atoms with Gasteiger partial charge in [-0.05, 0) is 20.7 Å². The van der Waals surface area contributed by atoms with Gasteiger partial charge in [0.05, 0.1) is 9.85 Å². The zero-order chi connectivity index (χ0) is 12.4. The molecular weight excluding hydrogens is 283 g/mol. The average molecular weight is 288 g/mol. The van der Waals surface area contributed by atoms with E-state index >= 15 is 0 Å². The zero-order valence-electron chi connectivity index (χ0n) is 8.15. The van der Waals surface area contributed by atoms with Crippen molar-refractivity contribution in [3.8, 4) is 0 Å². The molecule has 2 heterocycles. The van der Waals surface area contributed by atoms with Crippen molar-refractivity contribution in [2.75, 3.05) is 0 Å². The van der Waals surface area contributed by atoms with Crippen LogP contribution in [0.2, 0.25) is 0 Å². The quantitative estimate of drug-likeness (QED) is 0.490. The Kier molecular flexibility index (Phi) is 3.46. The van der Waals surface area contributed by atoms with E-state index in [0.717, 1.165) is 31.9 Å². The molecule has 0 amide bonds. The zero-order valence-corrected chi connectivity index (χ0v) is 10.8. The van der Waals surface area contributed by atoms with Gasteiger partial charge in [-0.3, -0.25) is 20.2 Å². The van der Waals surface area contributed by atoms with Crippen LogP contribution in [-0.4, -0.2) is 9.85 Å². The lowest BCUT2D eigenvalue weighted by molar-refractivity contribution is -0.380. The van der Waals surface area contributed by atoms with Crippen LogP contribution in [-0.2, 0) is 0 Å². The molecule has 88 valence electrons. The van der Waals surface area contributed by atoms with E-state index in [0.29, 0.717) is 0 Å². The Labute approximate surface area is 105 Å². The fraction of sp³-hybridized carbons (Fsp3) is 0. The van der Waals surface area contributed by atoms with Gasteiger partial charge in [0.25, 0.3) is 0 Å². The van der Waals surface area contributed by atoms with Crippen molar-refractivity contribution in [3.05, 3.63) is 44.5 Å². The van der Waals surface area contributed by atoms with Gasteiger partial charge in [0.2, 0.25) is 0 Å². The van der Waals surface area contributed by atoms with Gasteiger partial charge >= 0.3 is 10.0 Å². The molecule has 0 aliphatic rings. The van der Waals surface area contributed by atoms with Crippen molar-refractivity contribution in [3.63, 3.8) is 0 Å². The predicted molar refractivity (Wildman–Crippen MR) is 69.5 cm³/mol. The van der Waals surface area contributed by atoms with Crippen molar-refractivity contribution in [2.45, 2.75) is 0 Å². The number of thiophene rings is 2. The van der Waals surface area contributed by atoms with E-state index in [9.17, 15) is 20.2 Å². The molecular formula is C8H5N2O4PS2. The lowest BCUT2D eigenvalue weighted by atomic mass is 10.6. The van der Waals surface area contributed by atoms with E-state index in [4.69, 9.17) is 0 Å². The number of nitrogens with zero attached hydrogens (tertiary/aromatic N) is 2. The summed E-state index contributed by atoms with van der Waals surface area (Å²) in [5, 5.41) is 21.2. The Morgan fingerprint density at radius 2 is 1.29 bits per heavy atom. The number of hydrogen-bond donors (Lipinski definition) is 0. The molecule has 17 heavy (non-hydrogen) atoms. The molecule has 0 fully saturated rings. The summed E-state index contributed by atoms with van der Waals surface area (Å²) in [5.74, 6) is 0. The molecule has 9 heteroatoms. The maximum Gasteiger partial charge on any atom is 0.324 e. The van der Waals surface area contributed by atoms with E-state index in [1.807, 2.05) is 0 Å². The van der Waals surface area contributed by atoms with Crippen LogP contribution in [0, 0.1) is 20.2 Å². The second kappa shape index (κ2) is 4.87. The lowest BCUT2D eigenvalue weighted by Gasteiger charge is -1.90. The summed E-state index contributed by atoms with van der Waals surface area (Å²) in [6.07, 6.45) is 0. The topological polar surface area (TPSA) is 86.3 Å². The number of hydrogen-bond acceptors (Lipinski definition) is 6. The number of rotatable bonds is 4. The first kappa shape index (κ1) is 12.1. The van der Waals surface area contributed by atoms with Crippen molar-refractivity contribution in [2.24, 2.45) is 0 Å². The predicted octanol–water partition coefficient (Wildman–Crippen LogP) is 2.26. The highest BCUT2D eigenvalue weighted by molar-refractivity contribution is 7.69. The van der Waals surface area contributed by atoms with Crippen LogP contribution in [0.25, 0.3) is 0 Å². The van der Waals surface area contributed by atoms with E-state index in [-0.39, 0.29) is 18.6 Å². The minimum Gasteiger partial charge on any atom is -0.258 e. The normalized spacial score (nSPS) is 10.4. The molecule has 0 N–H and O–H groups in total. The third-order valence-corrected chi connectivity index (χ3v) is 5.54. The van der Waals surface area contributed by atoms with Gasteiger partial charge in [0.15, 0.2) is 0 Å². The summed E-state index contributed by atoms with van der Waals surface area (Å²) in [4.78, 5) is 20.1. The van der Waals surface area contributed by atoms with E-state index in [1.54, 1.807) is 12.1 Å². The molecule has 6 nitrogen and oxygen atoms in total. The summed E-state index contributed by atoms with van der Waals surface area (Å²) >= 11 is 2.21. The highest BCUT2D eigenvalue weighted by atomic mass is 32.1. The van der Waals surface area contributed by atoms with Gasteiger partial charge in [-0.25, -0.2) is 0 Å². The minimum atomic E-state index is -0.435. The van der Waals surface area contributed by atoms with Crippen molar-refractivity contribution in [1.29, 1.82) is 0 Å². The summed E-state index contributed by atoms with van der Waals surface area (Å²) in [6, 6.07) is 6.28. The Bertz CT molecular complexity index is 529. The summed E-state index contributed by atoms with van der Waals surface area (Å²) in [7, 11) is 0.232. The Morgan fingerprint density at radius 3 is 1.59 bits per heavy atom. The van der Waals surface area contributed by atoms with Gasteiger partial charge < -0.3 is 0 Å². The van der Waals surface area contributed by atoms with E-state index in [2.05, 4.69) is 0 Å². The molecule has 0 spiro atoms. The molecule has 0 bridgehead atoms. The second-order valence-corrected chi connectivity index (χ2v) is 7.09. The maximum atomic E-state index is 10.5. The molecule has 0 saturated carbocycles. The lowest BCUT2D eigenvalue weighted by Crippen LogP contribution is -1.92. The van der Waals surface area contributed by atoms with Crippen molar-refractivity contribution in [1.82, 2.24) is 0 Å². The summed E-state index contributed by atoms with van der Waals surface area (Å²) in [5.41, 5.74) is 0. The molecule has 2 aromatic rings. The monoisotopic (exact) mass is 288 g/mol. The van der Waals surface area contributed by atoms with Crippen LogP contribution >= 0.6 is 31.3 Å². The van der Waals surface area contributed by atoms with Crippen LogP contribution in [0.4, 0.5) is 10.0 Å². The molecule has 2 rings (SSSR count). The average Bonchev–Trinajstić information content (AvgIpc) is 2.87. The SMILES string of the molecule is O=[N+]([O-])c1ccc(Pc2ccc([N+](=O)[O-])s2)s1. The third-order valence-electron chi connectivity index (χ3n) is 1.79. The van der Waals surface area contributed by atoms with Crippen LogP contribution in [0.3, 0.4) is 0 Å². The van der Waals surface area contributed by atoms with E-state index < -0.39 is 9.85 Å². The highest BCUT2D eigenvalue weighted by Crippen LogP contribution is 2.27. The van der Waals surface area contributed by atoms with Gasteiger partial charge in [-0.1, -0.05) is 22.7 Å². The first-order valence-corrected chi connectivity index (χ1v) is 6.95. The van der Waals surface area contributed by atoms with E-state index in [1.165, 1.54) is 12.1 Å². The molecule has 0 saturated heterocycles. The van der Waals surface area contributed by atoms with Crippen LogP contribution < -0.4 is 9.24 Å². The van der Waals surface area contributed by atoms with Crippen molar-refractivity contribution < 1.29 is 9.85 Å². The maximum absolute atomic E-state index is 10.5. The highest BCUT2D eigenvalue weighted by Gasteiger charge is 2.13. The molecule has 0 radical (unpaired) electrons. The largest absolute Gasteiger partial charge is 0.324 e. The Morgan fingerprint density at radius 1 is 0.882 bits per heavy atom.